The molecule has 0 bridgehead atoms. The molecule has 0 aliphatic carbocycles. The first-order valence-electron chi connectivity index (χ1n) is 7.14. The molecule has 2 aromatic heterocycles. The summed E-state index contributed by atoms with van der Waals surface area (Å²) >= 11 is 1.35. The smallest absolute Gasteiger partial charge is 0.311 e. The SMILES string of the molecule is CCOc1ccc(-c2csc(-n3cccc3C=O)n2)cc1[N+](=O)[O-]. The van der Waals surface area contributed by atoms with Crippen molar-refractivity contribution in [2.75, 3.05) is 6.61 Å². The Bertz CT molecular complexity index is 900. The minimum atomic E-state index is -0.474. The molecule has 0 unspecified atom stereocenters. The van der Waals surface area contributed by atoms with Crippen LogP contribution in [0.4, 0.5) is 5.69 Å². The third kappa shape index (κ3) is 2.91. The van der Waals surface area contributed by atoms with E-state index in [1.165, 1.54) is 17.4 Å². The molecule has 122 valence electrons. The predicted molar refractivity (Wildman–Crippen MR) is 90.1 cm³/mol. The predicted octanol–water partition coefficient (Wildman–Crippen LogP) is 3.72. The average Bonchev–Trinajstić information content (AvgIpc) is 3.24. The van der Waals surface area contributed by atoms with Crippen molar-refractivity contribution in [3.05, 3.63) is 57.7 Å². The second kappa shape index (κ2) is 6.63. The lowest BCUT2D eigenvalue weighted by molar-refractivity contribution is -0.385. The van der Waals surface area contributed by atoms with Gasteiger partial charge in [0.05, 0.1) is 22.9 Å². The Hall–Kier alpha value is -3.00. The minimum Gasteiger partial charge on any atom is -0.487 e. The average molecular weight is 343 g/mol. The summed E-state index contributed by atoms with van der Waals surface area (Å²) in [6.45, 7) is 2.12. The Balaban J connectivity index is 2.00. The number of carbonyl (C=O) groups excluding carboxylic acids is 1. The number of nitrogens with zero attached hydrogens (tertiary/aromatic N) is 3. The molecule has 0 spiro atoms. The molecule has 0 radical (unpaired) electrons. The van der Waals surface area contributed by atoms with E-state index in [0.717, 1.165) is 6.29 Å². The summed E-state index contributed by atoms with van der Waals surface area (Å²) in [5.74, 6) is 0.232. The number of hydrogen-bond donors (Lipinski definition) is 0. The number of benzene rings is 1. The summed E-state index contributed by atoms with van der Waals surface area (Å²) in [5, 5.41) is 13.6. The van der Waals surface area contributed by atoms with Gasteiger partial charge in [-0.25, -0.2) is 4.98 Å². The van der Waals surface area contributed by atoms with Gasteiger partial charge in [0.2, 0.25) is 0 Å². The summed E-state index contributed by atoms with van der Waals surface area (Å²) < 4.78 is 6.95. The van der Waals surface area contributed by atoms with E-state index in [1.54, 1.807) is 47.3 Å². The van der Waals surface area contributed by atoms with E-state index >= 15 is 0 Å². The fourth-order valence-electron chi connectivity index (χ4n) is 2.27. The number of aromatic nitrogens is 2. The van der Waals surface area contributed by atoms with Gasteiger partial charge >= 0.3 is 5.69 Å². The lowest BCUT2D eigenvalue weighted by Crippen LogP contribution is -1.98. The Labute approximate surface area is 141 Å². The van der Waals surface area contributed by atoms with Gasteiger partial charge in [0.1, 0.15) is 0 Å². The highest BCUT2D eigenvalue weighted by molar-refractivity contribution is 7.12. The standard InChI is InChI=1S/C16H13N3O4S/c1-2-23-15-6-5-11(8-14(15)19(21)22)13-10-24-16(17-13)18-7-3-4-12(18)9-20/h3-10H,2H2,1H3. The number of nitro groups is 1. The molecule has 1 aromatic carbocycles. The zero-order valence-electron chi connectivity index (χ0n) is 12.7. The second-order valence-electron chi connectivity index (χ2n) is 4.81. The molecule has 7 nitrogen and oxygen atoms in total. The van der Waals surface area contributed by atoms with Crippen molar-refractivity contribution in [2.24, 2.45) is 0 Å². The van der Waals surface area contributed by atoms with Crippen LogP contribution in [0, 0.1) is 10.1 Å². The number of nitro benzene ring substituents is 1. The highest BCUT2D eigenvalue weighted by atomic mass is 32.1. The van der Waals surface area contributed by atoms with Crippen LogP contribution in [-0.2, 0) is 0 Å². The fourth-order valence-corrected chi connectivity index (χ4v) is 3.11. The second-order valence-corrected chi connectivity index (χ2v) is 5.65. The van der Waals surface area contributed by atoms with E-state index in [1.807, 2.05) is 0 Å². The molecular weight excluding hydrogens is 330 g/mol. The first-order valence-corrected chi connectivity index (χ1v) is 8.02. The van der Waals surface area contributed by atoms with Gasteiger partial charge in [-0.15, -0.1) is 11.3 Å². The number of aldehydes is 1. The van der Waals surface area contributed by atoms with Crippen molar-refractivity contribution >= 4 is 23.3 Å². The van der Waals surface area contributed by atoms with Crippen LogP contribution in [0.25, 0.3) is 16.4 Å². The van der Waals surface area contributed by atoms with Crippen molar-refractivity contribution in [1.82, 2.24) is 9.55 Å². The van der Waals surface area contributed by atoms with Gasteiger partial charge < -0.3 is 4.74 Å². The van der Waals surface area contributed by atoms with Gasteiger partial charge in [0.25, 0.3) is 0 Å². The van der Waals surface area contributed by atoms with Crippen molar-refractivity contribution < 1.29 is 14.5 Å². The molecule has 0 saturated carbocycles. The van der Waals surface area contributed by atoms with Crippen LogP contribution in [0.15, 0.2) is 41.9 Å². The van der Waals surface area contributed by atoms with Crippen LogP contribution in [-0.4, -0.2) is 27.4 Å². The van der Waals surface area contributed by atoms with Crippen LogP contribution < -0.4 is 4.74 Å². The van der Waals surface area contributed by atoms with Crippen LogP contribution >= 0.6 is 11.3 Å². The van der Waals surface area contributed by atoms with Crippen molar-refractivity contribution in [1.29, 1.82) is 0 Å². The summed E-state index contributed by atoms with van der Waals surface area (Å²) in [7, 11) is 0. The molecule has 0 fully saturated rings. The molecule has 0 N–H and O–H groups in total. The van der Waals surface area contributed by atoms with Crippen molar-refractivity contribution in [2.45, 2.75) is 6.92 Å². The maximum absolute atomic E-state index is 11.2. The number of ether oxygens (including phenoxy) is 1. The van der Waals surface area contributed by atoms with Gasteiger partial charge in [-0.3, -0.25) is 19.5 Å². The summed E-state index contributed by atoms with van der Waals surface area (Å²) in [5.41, 5.74) is 1.62. The molecule has 0 aliphatic rings. The van der Waals surface area contributed by atoms with E-state index in [4.69, 9.17) is 4.74 Å². The lowest BCUT2D eigenvalue weighted by Gasteiger charge is -2.05. The third-order valence-electron chi connectivity index (χ3n) is 3.35. The highest BCUT2D eigenvalue weighted by Gasteiger charge is 2.18. The molecular formula is C16H13N3O4S. The lowest BCUT2D eigenvalue weighted by atomic mass is 10.1. The van der Waals surface area contributed by atoms with E-state index in [9.17, 15) is 14.9 Å². The highest BCUT2D eigenvalue weighted by Crippen LogP contribution is 2.33. The van der Waals surface area contributed by atoms with Gasteiger partial charge in [0, 0.05) is 23.2 Å². The molecule has 24 heavy (non-hydrogen) atoms. The van der Waals surface area contributed by atoms with Crippen molar-refractivity contribution in [3.63, 3.8) is 0 Å². The summed E-state index contributed by atoms with van der Waals surface area (Å²) in [4.78, 5) is 26.2. The van der Waals surface area contributed by atoms with E-state index < -0.39 is 4.92 Å². The molecule has 3 aromatic rings. The first kappa shape index (κ1) is 15.9. The zero-order chi connectivity index (χ0) is 17.1. The summed E-state index contributed by atoms with van der Waals surface area (Å²) in [6, 6.07) is 8.19. The zero-order valence-corrected chi connectivity index (χ0v) is 13.5. The number of carbonyl (C=O) groups is 1. The van der Waals surface area contributed by atoms with Crippen LogP contribution in [0.5, 0.6) is 5.75 Å². The normalized spacial score (nSPS) is 10.5. The largest absolute Gasteiger partial charge is 0.487 e. The van der Waals surface area contributed by atoms with Crippen LogP contribution in [0.2, 0.25) is 0 Å². The van der Waals surface area contributed by atoms with E-state index in [2.05, 4.69) is 4.98 Å². The Morgan fingerprint density at radius 3 is 2.96 bits per heavy atom. The van der Waals surface area contributed by atoms with E-state index in [0.29, 0.717) is 28.7 Å². The number of thiazole rings is 1. The maximum Gasteiger partial charge on any atom is 0.311 e. The molecule has 0 aliphatic heterocycles. The third-order valence-corrected chi connectivity index (χ3v) is 4.19. The monoisotopic (exact) mass is 343 g/mol. The fraction of sp³-hybridized carbons (Fsp3) is 0.125. The van der Waals surface area contributed by atoms with Gasteiger partial charge in [0.15, 0.2) is 17.2 Å². The molecule has 3 rings (SSSR count). The molecule has 0 saturated heterocycles. The molecule has 0 amide bonds. The van der Waals surface area contributed by atoms with Crippen molar-refractivity contribution in [3.8, 4) is 22.1 Å². The quantitative estimate of drug-likeness (QED) is 0.387. The number of rotatable bonds is 6. The van der Waals surface area contributed by atoms with E-state index in [-0.39, 0.29) is 11.4 Å². The number of hydrogen-bond acceptors (Lipinski definition) is 6. The summed E-state index contributed by atoms with van der Waals surface area (Å²) in [6.07, 6.45) is 2.50. The van der Waals surface area contributed by atoms with Crippen LogP contribution in [0.1, 0.15) is 17.4 Å². The van der Waals surface area contributed by atoms with Crippen LogP contribution in [0.3, 0.4) is 0 Å². The Morgan fingerprint density at radius 2 is 2.25 bits per heavy atom. The van der Waals surface area contributed by atoms with Gasteiger partial charge in [-0.1, -0.05) is 0 Å². The first-order chi connectivity index (χ1) is 11.6. The maximum atomic E-state index is 11.2. The Kier molecular flexibility index (Phi) is 4.39. The molecule has 2 heterocycles. The van der Waals surface area contributed by atoms with Gasteiger partial charge in [-0.05, 0) is 31.2 Å². The minimum absolute atomic E-state index is 0.0987. The topological polar surface area (TPSA) is 87.3 Å². The molecule has 0 atom stereocenters. The molecule has 8 heteroatoms. The van der Waals surface area contributed by atoms with Gasteiger partial charge in [-0.2, -0.15) is 0 Å². The Morgan fingerprint density at radius 1 is 1.42 bits per heavy atom.